The molecule has 0 unspecified atom stereocenters. The Hall–Kier alpha value is -2.95. The molecule has 0 spiro atoms. The topological polar surface area (TPSA) is 123 Å². The number of halogens is 1. The number of nitrogens with zero attached hydrogens (tertiary/aromatic N) is 2. The summed E-state index contributed by atoms with van der Waals surface area (Å²) in [4.78, 5) is 31.6. The summed E-state index contributed by atoms with van der Waals surface area (Å²) in [5.74, 6) is -0.752. The molecule has 3 aromatic rings. The van der Waals surface area contributed by atoms with Gasteiger partial charge in [-0.05, 0) is 43.7 Å². The molecule has 1 N–H and O–H groups in total. The molecule has 0 atom stereocenters. The first-order valence-electron chi connectivity index (χ1n) is 9.10. The SMILES string of the molecule is COC(=O)c1c(C)[nH]c(C(=O)CN(Cc2ccco2)S(=O)(=O)c2ccc(Cl)nc2)c1C. The van der Waals surface area contributed by atoms with E-state index < -0.39 is 28.3 Å². The smallest absolute Gasteiger partial charge is 0.339 e. The monoisotopic (exact) mass is 465 g/mol. The van der Waals surface area contributed by atoms with Crippen LogP contribution in [0.25, 0.3) is 0 Å². The van der Waals surface area contributed by atoms with Crippen molar-refractivity contribution < 1.29 is 27.2 Å². The van der Waals surface area contributed by atoms with Gasteiger partial charge in [-0.1, -0.05) is 11.6 Å². The van der Waals surface area contributed by atoms with Gasteiger partial charge in [0, 0.05) is 11.9 Å². The Morgan fingerprint density at radius 3 is 2.58 bits per heavy atom. The summed E-state index contributed by atoms with van der Waals surface area (Å²) in [5, 5.41) is 0.139. The second-order valence-electron chi connectivity index (χ2n) is 6.71. The molecule has 11 heteroatoms. The third-order valence-corrected chi connectivity index (χ3v) is 6.67. The average Bonchev–Trinajstić information content (AvgIpc) is 3.34. The molecule has 31 heavy (non-hydrogen) atoms. The maximum absolute atomic E-state index is 13.2. The third kappa shape index (κ3) is 4.71. The van der Waals surface area contributed by atoms with Gasteiger partial charge in [0.25, 0.3) is 0 Å². The number of H-pyrrole nitrogens is 1. The normalized spacial score (nSPS) is 11.6. The Morgan fingerprint density at radius 2 is 2.00 bits per heavy atom. The Balaban J connectivity index is 1.97. The van der Waals surface area contributed by atoms with Gasteiger partial charge in [-0.15, -0.1) is 0 Å². The number of rotatable bonds is 8. The van der Waals surface area contributed by atoms with Crippen LogP contribution in [0.4, 0.5) is 0 Å². The van der Waals surface area contributed by atoms with Crippen molar-refractivity contribution in [1.82, 2.24) is 14.3 Å². The quantitative estimate of drug-likeness (QED) is 0.308. The fourth-order valence-electron chi connectivity index (χ4n) is 3.14. The highest BCUT2D eigenvalue weighted by Gasteiger charge is 2.30. The van der Waals surface area contributed by atoms with Crippen LogP contribution in [0, 0.1) is 13.8 Å². The number of sulfonamides is 1. The van der Waals surface area contributed by atoms with Gasteiger partial charge in [0.1, 0.15) is 15.8 Å². The molecule has 0 aliphatic rings. The lowest BCUT2D eigenvalue weighted by Crippen LogP contribution is -2.35. The number of aromatic nitrogens is 2. The largest absolute Gasteiger partial charge is 0.468 e. The van der Waals surface area contributed by atoms with Crippen molar-refractivity contribution in [2.75, 3.05) is 13.7 Å². The second-order valence-corrected chi connectivity index (χ2v) is 9.03. The number of ketones is 1. The molecule has 0 aliphatic heterocycles. The molecule has 9 nitrogen and oxygen atoms in total. The lowest BCUT2D eigenvalue weighted by Gasteiger charge is -2.20. The first-order valence-corrected chi connectivity index (χ1v) is 10.9. The van der Waals surface area contributed by atoms with Crippen molar-refractivity contribution in [3.8, 4) is 0 Å². The van der Waals surface area contributed by atoms with Crippen molar-refractivity contribution in [1.29, 1.82) is 0 Å². The van der Waals surface area contributed by atoms with Gasteiger partial charge in [0.05, 0.1) is 37.7 Å². The number of aryl methyl sites for hydroxylation is 1. The molecule has 0 amide bonds. The lowest BCUT2D eigenvalue weighted by atomic mass is 10.1. The van der Waals surface area contributed by atoms with Crippen LogP contribution in [0.3, 0.4) is 0 Å². The molecule has 0 fully saturated rings. The molecule has 0 aliphatic carbocycles. The third-order valence-electron chi connectivity index (χ3n) is 4.68. The minimum Gasteiger partial charge on any atom is -0.468 e. The van der Waals surface area contributed by atoms with E-state index in [4.69, 9.17) is 20.8 Å². The van der Waals surface area contributed by atoms with Crippen molar-refractivity contribution in [2.24, 2.45) is 0 Å². The molecule has 164 valence electrons. The van der Waals surface area contributed by atoms with Gasteiger partial charge >= 0.3 is 5.97 Å². The Kier molecular flexibility index (Phi) is 6.63. The number of Topliss-reactive ketones (excluding diaryl/α,β-unsaturated/α-hetero) is 1. The van der Waals surface area contributed by atoms with E-state index in [9.17, 15) is 18.0 Å². The van der Waals surface area contributed by atoms with Crippen molar-refractivity contribution in [3.63, 3.8) is 0 Å². The van der Waals surface area contributed by atoms with E-state index in [2.05, 4.69) is 9.97 Å². The van der Waals surface area contributed by atoms with Crippen LogP contribution < -0.4 is 0 Å². The second kappa shape index (κ2) is 9.04. The first kappa shape index (κ1) is 22.7. The summed E-state index contributed by atoms with van der Waals surface area (Å²) in [6.45, 7) is 2.56. The zero-order valence-corrected chi connectivity index (χ0v) is 18.6. The van der Waals surface area contributed by atoms with Gasteiger partial charge in [0.15, 0.2) is 5.78 Å². The summed E-state index contributed by atoms with van der Waals surface area (Å²) < 4.78 is 37.4. The Bertz CT molecular complexity index is 1200. The summed E-state index contributed by atoms with van der Waals surface area (Å²) in [6.07, 6.45) is 2.53. The van der Waals surface area contributed by atoms with Crippen LogP contribution in [-0.2, 0) is 21.3 Å². The molecule has 0 saturated carbocycles. The number of furan rings is 1. The molecular formula is C20H20ClN3O6S. The van der Waals surface area contributed by atoms with Gasteiger partial charge in [-0.3, -0.25) is 4.79 Å². The Morgan fingerprint density at radius 1 is 1.26 bits per heavy atom. The molecule has 3 aromatic heterocycles. The summed E-state index contributed by atoms with van der Waals surface area (Å²) in [6, 6.07) is 5.88. The number of pyridine rings is 1. The lowest BCUT2D eigenvalue weighted by molar-refractivity contribution is 0.0599. The molecule has 3 rings (SSSR count). The summed E-state index contributed by atoms with van der Waals surface area (Å²) >= 11 is 5.76. The predicted octanol–water partition coefficient (Wildman–Crippen LogP) is 3.13. The number of carbonyl (C=O) groups is 2. The number of carbonyl (C=O) groups excluding carboxylic acids is 2. The van der Waals surface area contributed by atoms with E-state index in [0.717, 1.165) is 10.5 Å². The van der Waals surface area contributed by atoms with Crippen molar-refractivity contribution >= 4 is 33.4 Å². The number of esters is 1. The van der Waals surface area contributed by atoms with Crippen molar-refractivity contribution in [3.05, 3.63) is 70.2 Å². The standard InChI is InChI=1S/C20H20ClN3O6S/c1-12-18(20(26)29-3)13(2)23-19(12)16(25)11-24(10-14-5-4-8-30-14)31(27,28)15-6-7-17(21)22-9-15/h4-9,23H,10-11H2,1-3H3. The minimum atomic E-state index is -4.11. The highest BCUT2D eigenvalue weighted by Crippen LogP contribution is 2.23. The van der Waals surface area contributed by atoms with E-state index in [1.807, 2.05) is 0 Å². The van der Waals surface area contributed by atoms with Crippen LogP contribution in [0.2, 0.25) is 5.15 Å². The van der Waals surface area contributed by atoms with E-state index in [0.29, 0.717) is 17.0 Å². The van der Waals surface area contributed by atoms with Crippen LogP contribution in [0.15, 0.2) is 46.0 Å². The Labute approximate surface area is 184 Å². The van der Waals surface area contributed by atoms with Gasteiger partial charge in [-0.2, -0.15) is 4.31 Å². The average molecular weight is 466 g/mol. The summed E-state index contributed by atoms with van der Waals surface area (Å²) in [5.41, 5.74) is 1.22. The fraction of sp³-hybridized carbons (Fsp3) is 0.250. The van der Waals surface area contributed by atoms with Crippen LogP contribution in [0.5, 0.6) is 0 Å². The van der Waals surface area contributed by atoms with Crippen LogP contribution >= 0.6 is 11.6 Å². The highest BCUT2D eigenvalue weighted by molar-refractivity contribution is 7.89. The van der Waals surface area contributed by atoms with Gasteiger partial charge in [0.2, 0.25) is 10.0 Å². The van der Waals surface area contributed by atoms with E-state index >= 15 is 0 Å². The van der Waals surface area contributed by atoms with E-state index in [-0.39, 0.29) is 27.9 Å². The minimum absolute atomic E-state index is 0.120. The predicted molar refractivity (Wildman–Crippen MR) is 111 cm³/mol. The zero-order chi connectivity index (χ0) is 22.8. The number of nitrogens with one attached hydrogen (secondary N) is 1. The van der Waals surface area contributed by atoms with Gasteiger partial charge in [-0.25, -0.2) is 18.2 Å². The van der Waals surface area contributed by atoms with Gasteiger partial charge < -0.3 is 14.1 Å². The molecule has 0 saturated heterocycles. The summed E-state index contributed by atoms with van der Waals surface area (Å²) in [7, 11) is -2.86. The maximum atomic E-state index is 13.2. The van der Waals surface area contributed by atoms with E-state index in [1.54, 1.807) is 26.0 Å². The number of aromatic amines is 1. The maximum Gasteiger partial charge on any atom is 0.339 e. The molecule has 0 bridgehead atoms. The zero-order valence-electron chi connectivity index (χ0n) is 17.0. The number of hydrogen-bond donors (Lipinski definition) is 1. The van der Waals surface area contributed by atoms with Crippen molar-refractivity contribution in [2.45, 2.75) is 25.3 Å². The van der Waals surface area contributed by atoms with Crippen LogP contribution in [-0.4, -0.2) is 48.1 Å². The molecule has 0 radical (unpaired) electrons. The highest BCUT2D eigenvalue weighted by atomic mass is 35.5. The van der Waals surface area contributed by atoms with Crippen LogP contribution in [0.1, 0.15) is 37.9 Å². The molecular weight excluding hydrogens is 446 g/mol. The number of hydrogen-bond acceptors (Lipinski definition) is 7. The van der Waals surface area contributed by atoms with E-state index in [1.165, 1.54) is 25.5 Å². The number of ether oxygens (including phenoxy) is 1. The number of methoxy groups -OCH3 is 1. The molecule has 0 aromatic carbocycles. The first-order chi connectivity index (χ1) is 14.6. The fourth-order valence-corrected chi connectivity index (χ4v) is 4.56. The molecule has 3 heterocycles.